The van der Waals surface area contributed by atoms with Gasteiger partial charge in [-0.3, -0.25) is 4.79 Å². The molecule has 3 rings (SSSR count). The molecule has 100 valence electrons. The van der Waals surface area contributed by atoms with E-state index in [1.807, 2.05) is 29.2 Å². The summed E-state index contributed by atoms with van der Waals surface area (Å²) in [4.78, 5) is 15.5. The van der Waals surface area contributed by atoms with E-state index in [9.17, 15) is 4.79 Å². The maximum Gasteiger partial charge on any atom is 0.231 e. The highest BCUT2D eigenvalue weighted by Crippen LogP contribution is 2.45. The quantitative estimate of drug-likeness (QED) is 0.777. The molecule has 1 fully saturated rings. The van der Waals surface area contributed by atoms with Crippen molar-refractivity contribution in [3.8, 4) is 0 Å². The molecule has 0 bridgehead atoms. The minimum atomic E-state index is -0.181. The number of amides is 1. The highest BCUT2D eigenvalue weighted by atomic mass is 35.5. The van der Waals surface area contributed by atoms with Gasteiger partial charge < -0.3 is 4.90 Å². The normalized spacial score (nSPS) is 26.6. The number of hydrogen-bond donors (Lipinski definition) is 0. The van der Waals surface area contributed by atoms with Gasteiger partial charge >= 0.3 is 0 Å². The third kappa shape index (κ3) is 2.67. The van der Waals surface area contributed by atoms with Crippen LogP contribution >= 0.6 is 23.4 Å². The smallest absolute Gasteiger partial charge is 0.231 e. The molecule has 1 amide bonds. The van der Waals surface area contributed by atoms with Crippen LogP contribution in [0.1, 0.15) is 18.4 Å². The molecule has 0 N–H and O–H groups in total. The van der Waals surface area contributed by atoms with E-state index in [-0.39, 0.29) is 16.5 Å². The Morgan fingerprint density at radius 3 is 2.58 bits per heavy atom. The summed E-state index contributed by atoms with van der Waals surface area (Å²) in [5.74, 6) is 0.0101. The Balaban J connectivity index is 1.79. The molecule has 2 aliphatic rings. The highest BCUT2D eigenvalue weighted by molar-refractivity contribution is 8.10. The molecule has 2 unspecified atom stereocenters. The fraction of sp³-hybridized carbons (Fsp3) is 0.400. The average molecular weight is 294 g/mol. The third-order valence-electron chi connectivity index (χ3n) is 3.61. The summed E-state index contributed by atoms with van der Waals surface area (Å²) in [7, 11) is 0. The number of thioether (sulfide) groups is 1. The molecule has 1 aromatic carbocycles. The second-order valence-electron chi connectivity index (χ2n) is 4.92. The van der Waals surface area contributed by atoms with Crippen LogP contribution in [-0.2, 0) is 4.79 Å². The van der Waals surface area contributed by atoms with Crippen molar-refractivity contribution in [3.63, 3.8) is 0 Å². The molecule has 2 aliphatic heterocycles. The summed E-state index contributed by atoms with van der Waals surface area (Å²) < 4.78 is -0.177. The molecule has 0 saturated carbocycles. The molecular weight excluding hydrogens is 278 g/mol. The van der Waals surface area contributed by atoms with E-state index in [0.717, 1.165) is 36.4 Å². The molecule has 0 aliphatic carbocycles. The van der Waals surface area contributed by atoms with E-state index in [2.05, 4.69) is 12.1 Å². The van der Waals surface area contributed by atoms with Gasteiger partial charge in [-0.2, -0.15) is 0 Å². The molecule has 1 saturated heterocycles. The summed E-state index contributed by atoms with van der Waals surface area (Å²) in [5, 5.41) is 0. The van der Waals surface area contributed by atoms with Crippen molar-refractivity contribution in [2.24, 2.45) is 5.92 Å². The summed E-state index contributed by atoms with van der Waals surface area (Å²) in [6.07, 6.45) is 4.28. The molecule has 4 heteroatoms. The molecule has 2 atom stereocenters. The van der Waals surface area contributed by atoms with Gasteiger partial charge in [0.15, 0.2) is 0 Å². The number of carbonyl (C=O) groups is 1. The van der Waals surface area contributed by atoms with Crippen molar-refractivity contribution < 1.29 is 4.79 Å². The Labute approximate surface area is 122 Å². The van der Waals surface area contributed by atoms with Crippen LogP contribution in [0.3, 0.4) is 0 Å². The summed E-state index contributed by atoms with van der Waals surface area (Å²) in [6.45, 7) is 1.77. The lowest BCUT2D eigenvalue weighted by atomic mass is 10.1. The Kier molecular flexibility index (Phi) is 3.85. The predicted molar refractivity (Wildman–Crippen MR) is 81.0 cm³/mol. The number of halogens is 1. The van der Waals surface area contributed by atoms with Crippen LogP contribution in [0.5, 0.6) is 0 Å². The highest BCUT2D eigenvalue weighted by Gasteiger charge is 2.35. The summed E-state index contributed by atoms with van der Waals surface area (Å²) in [5.41, 5.74) is 1.15. The SMILES string of the molecule is O=C(C1C=C(c2ccccc2)SC1Cl)N1CCCC1. The Bertz CT molecular complexity index is 496. The van der Waals surface area contributed by atoms with Gasteiger partial charge in [0, 0.05) is 18.0 Å². The van der Waals surface area contributed by atoms with E-state index >= 15 is 0 Å². The lowest BCUT2D eigenvalue weighted by Crippen LogP contribution is -2.35. The van der Waals surface area contributed by atoms with Crippen molar-refractivity contribution in [1.82, 2.24) is 4.90 Å². The van der Waals surface area contributed by atoms with Crippen LogP contribution in [0.4, 0.5) is 0 Å². The van der Waals surface area contributed by atoms with Crippen molar-refractivity contribution in [3.05, 3.63) is 42.0 Å². The molecule has 0 radical (unpaired) electrons. The average Bonchev–Trinajstić information content (AvgIpc) is 3.08. The standard InChI is InChI=1S/C15H16ClNOS/c16-14-12(15(18)17-8-4-5-9-17)10-13(19-14)11-6-2-1-3-7-11/h1-3,6-7,10,12,14H,4-5,8-9H2. The number of hydrogen-bond acceptors (Lipinski definition) is 2. The first-order chi connectivity index (χ1) is 9.25. The number of carbonyl (C=O) groups excluding carboxylic acids is 1. The molecule has 0 spiro atoms. The second kappa shape index (κ2) is 5.59. The molecule has 2 nitrogen and oxygen atoms in total. The number of alkyl halides is 1. The monoisotopic (exact) mass is 293 g/mol. The summed E-state index contributed by atoms with van der Waals surface area (Å²) in [6, 6.07) is 10.1. The van der Waals surface area contributed by atoms with E-state index in [1.165, 1.54) is 0 Å². The Hall–Kier alpha value is -0.930. The van der Waals surface area contributed by atoms with E-state index in [4.69, 9.17) is 11.6 Å². The molecule has 19 heavy (non-hydrogen) atoms. The first kappa shape index (κ1) is 13.1. The second-order valence-corrected chi connectivity index (χ2v) is 6.84. The van der Waals surface area contributed by atoms with Gasteiger partial charge in [-0.15, -0.1) is 23.4 Å². The zero-order valence-corrected chi connectivity index (χ0v) is 12.2. The third-order valence-corrected chi connectivity index (χ3v) is 5.30. The zero-order chi connectivity index (χ0) is 13.2. The molecule has 2 heterocycles. The van der Waals surface area contributed by atoms with E-state index in [1.54, 1.807) is 11.8 Å². The van der Waals surface area contributed by atoms with Crippen molar-refractivity contribution in [2.75, 3.05) is 13.1 Å². The zero-order valence-electron chi connectivity index (χ0n) is 10.6. The minimum Gasteiger partial charge on any atom is -0.342 e. The van der Waals surface area contributed by atoms with Crippen LogP contribution < -0.4 is 0 Å². The lowest BCUT2D eigenvalue weighted by molar-refractivity contribution is -0.132. The van der Waals surface area contributed by atoms with Gasteiger partial charge in [0.2, 0.25) is 5.91 Å². The van der Waals surface area contributed by atoms with Gasteiger partial charge in [-0.1, -0.05) is 36.4 Å². The van der Waals surface area contributed by atoms with Gasteiger partial charge in [0.1, 0.15) is 0 Å². The molecule has 1 aromatic rings. The van der Waals surface area contributed by atoms with Gasteiger partial charge in [-0.25, -0.2) is 0 Å². The molecule has 0 aromatic heterocycles. The molecular formula is C15H16ClNOS. The van der Waals surface area contributed by atoms with E-state index in [0.29, 0.717) is 0 Å². The Morgan fingerprint density at radius 1 is 1.21 bits per heavy atom. The first-order valence-electron chi connectivity index (χ1n) is 6.62. The van der Waals surface area contributed by atoms with Crippen LogP contribution in [0, 0.1) is 5.92 Å². The Morgan fingerprint density at radius 2 is 1.89 bits per heavy atom. The number of nitrogens with zero attached hydrogens (tertiary/aromatic N) is 1. The van der Waals surface area contributed by atoms with E-state index < -0.39 is 0 Å². The maximum absolute atomic E-state index is 12.4. The lowest BCUT2D eigenvalue weighted by Gasteiger charge is -2.20. The van der Waals surface area contributed by atoms with Gasteiger partial charge in [0.25, 0.3) is 0 Å². The number of likely N-dealkylation sites (tertiary alicyclic amines) is 1. The first-order valence-corrected chi connectivity index (χ1v) is 7.94. The van der Waals surface area contributed by atoms with Crippen molar-refractivity contribution >= 4 is 34.2 Å². The topological polar surface area (TPSA) is 20.3 Å². The van der Waals surface area contributed by atoms with Crippen LogP contribution in [0.25, 0.3) is 4.91 Å². The minimum absolute atomic E-state index is 0.177. The van der Waals surface area contributed by atoms with Gasteiger partial charge in [0.05, 0.1) is 10.6 Å². The van der Waals surface area contributed by atoms with Crippen LogP contribution in [0.15, 0.2) is 36.4 Å². The van der Waals surface area contributed by atoms with Gasteiger partial charge in [-0.05, 0) is 18.4 Å². The maximum atomic E-state index is 12.4. The number of rotatable bonds is 2. The van der Waals surface area contributed by atoms with Crippen molar-refractivity contribution in [2.45, 2.75) is 17.6 Å². The van der Waals surface area contributed by atoms with Crippen LogP contribution in [-0.4, -0.2) is 28.6 Å². The van der Waals surface area contributed by atoms with Crippen LogP contribution in [0.2, 0.25) is 0 Å². The fourth-order valence-electron chi connectivity index (χ4n) is 2.57. The van der Waals surface area contributed by atoms with Crippen molar-refractivity contribution in [1.29, 1.82) is 0 Å². The number of benzene rings is 1. The summed E-state index contributed by atoms with van der Waals surface area (Å²) >= 11 is 7.95. The predicted octanol–water partition coefficient (Wildman–Crippen LogP) is 3.58. The fourth-order valence-corrected chi connectivity index (χ4v) is 4.12. The largest absolute Gasteiger partial charge is 0.342 e.